The molecular weight excluding hydrogens is 302 g/mol. The summed E-state index contributed by atoms with van der Waals surface area (Å²) < 4.78 is 5.03. The quantitative estimate of drug-likeness (QED) is 0.855. The third kappa shape index (κ3) is 4.04. The van der Waals surface area contributed by atoms with Gasteiger partial charge in [-0.25, -0.2) is 9.78 Å². The lowest BCUT2D eigenvalue weighted by Gasteiger charge is -2.35. The van der Waals surface area contributed by atoms with Gasteiger partial charge in [-0.1, -0.05) is 6.07 Å². The van der Waals surface area contributed by atoms with Crippen LogP contribution in [0.5, 0.6) is 0 Å². The molecule has 126 valence electrons. The molecule has 1 aliphatic rings. The average molecular weight is 325 g/mol. The Kier molecular flexibility index (Phi) is 5.31. The molecule has 1 fully saturated rings. The number of pyridine rings is 1. The molecule has 2 aromatic rings. The Morgan fingerprint density at radius 3 is 2.83 bits per heavy atom. The Morgan fingerprint density at radius 2 is 2.12 bits per heavy atom. The minimum absolute atomic E-state index is 0.266. The van der Waals surface area contributed by atoms with Gasteiger partial charge in [-0.15, -0.1) is 0 Å². The van der Waals surface area contributed by atoms with Gasteiger partial charge in [0.25, 0.3) is 0 Å². The van der Waals surface area contributed by atoms with Crippen LogP contribution >= 0.6 is 0 Å². The number of nitrogens with zero attached hydrogens (tertiary/aromatic N) is 2. The number of carbonyl (C=O) groups excluding carboxylic acids is 1. The van der Waals surface area contributed by atoms with Crippen molar-refractivity contribution in [2.45, 2.75) is 25.8 Å². The van der Waals surface area contributed by atoms with Gasteiger partial charge in [0.2, 0.25) is 0 Å². The Hall–Kier alpha value is -2.56. The molecule has 0 unspecified atom stereocenters. The number of carbonyl (C=O) groups is 1. The van der Waals surface area contributed by atoms with E-state index in [4.69, 9.17) is 4.74 Å². The molecule has 0 radical (unpaired) electrons. The van der Waals surface area contributed by atoms with E-state index in [0.29, 0.717) is 18.2 Å². The van der Waals surface area contributed by atoms with E-state index >= 15 is 0 Å². The van der Waals surface area contributed by atoms with Gasteiger partial charge < -0.3 is 15.0 Å². The predicted molar refractivity (Wildman–Crippen MR) is 95.5 cm³/mol. The summed E-state index contributed by atoms with van der Waals surface area (Å²) in [4.78, 5) is 18.4. The topological polar surface area (TPSA) is 54.5 Å². The van der Waals surface area contributed by atoms with Gasteiger partial charge in [-0.3, -0.25) is 0 Å². The van der Waals surface area contributed by atoms with Crippen LogP contribution in [0.25, 0.3) is 0 Å². The van der Waals surface area contributed by atoms with Crippen molar-refractivity contribution in [1.29, 1.82) is 0 Å². The van der Waals surface area contributed by atoms with Crippen molar-refractivity contribution in [3.05, 3.63) is 54.2 Å². The second kappa shape index (κ2) is 7.81. The maximum atomic E-state index is 11.7. The largest absolute Gasteiger partial charge is 0.462 e. The van der Waals surface area contributed by atoms with Gasteiger partial charge in [0, 0.05) is 31.0 Å². The lowest BCUT2D eigenvalue weighted by molar-refractivity contribution is 0.0526. The zero-order valence-corrected chi connectivity index (χ0v) is 13.9. The molecule has 0 amide bonds. The highest BCUT2D eigenvalue weighted by atomic mass is 16.5. The fourth-order valence-electron chi connectivity index (χ4n) is 3.01. The summed E-state index contributed by atoms with van der Waals surface area (Å²) in [6.45, 7) is 4.16. The fraction of sp³-hybridized carbons (Fsp3) is 0.368. The number of anilines is 2. The fourth-order valence-corrected chi connectivity index (χ4v) is 3.01. The molecule has 0 bridgehead atoms. The second-order valence-electron chi connectivity index (χ2n) is 5.91. The minimum Gasteiger partial charge on any atom is -0.462 e. The molecular formula is C19H23N3O2. The number of nitrogens with one attached hydrogen (secondary N) is 1. The summed E-state index contributed by atoms with van der Waals surface area (Å²) in [6, 6.07) is 13.9. The Bertz CT molecular complexity index is 658. The first kappa shape index (κ1) is 16.3. The number of ether oxygens (including phenoxy) is 1. The number of rotatable bonds is 5. The molecule has 1 aliphatic heterocycles. The van der Waals surface area contributed by atoms with E-state index in [1.165, 1.54) is 0 Å². The molecule has 5 nitrogen and oxygen atoms in total. The van der Waals surface area contributed by atoms with Gasteiger partial charge in [-0.05, 0) is 56.2 Å². The number of benzene rings is 1. The van der Waals surface area contributed by atoms with E-state index in [2.05, 4.69) is 15.2 Å². The van der Waals surface area contributed by atoms with E-state index < -0.39 is 0 Å². The number of aromatic nitrogens is 1. The second-order valence-corrected chi connectivity index (χ2v) is 5.91. The predicted octanol–water partition coefficient (Wildman–Crippen LogP) is 3.34. The molecule has 0 spiro atoms. The highest BCUT2D eigenvalue weighted by Gasteiger charge is 2.20. The Labute approximate surface area is 142 Å². The molecule has 1 aromatic heterocycles. The molecule has 5 heteroatoms. The molecule has 24 heavy (non-hydrogen) atoms. The van der Waals surface area contributed by atoms with E-state index in [0.717, 1.165) is 37.4 Å². The van der Waals surface area contributed by atoms with Crippen molar-refractivity contribution in [3.63, 3.8) is 0 Å². The average Bonchev–Trinajstić information content (AvgIpc) is 2.63. The van der Waals surface area contributed by atoms with Crippen LogP contribution in [-0.2, 0) is 4.74 Å². The summed E-state index contributed by atoms with van der Waals surface area (Å²) >= 11 is 0. The maximum Gasteiger partial charge on any atom is 0.338 e. The zero-order valence-electron chi connectivity index (χ0n) is 13.9. The van der Waals surface area contributed by atoms with Crippen molar-refractivity contribution in [1.82, 2.24) is 4.98 Å². The highest BCUT2D eigenvalue weighted by molar-refractivity contribution is 5.89. The van der Waals surface area contributed by atoms with Crippen LogP contribution in [0.3, 0.4) is 0 Å². The van der Waals surface area contributed by atoms with Crippen molar-refractivity contribution in [3.8, 4) is 0 Å². The van der Waals surface area contributed by atoms with E-state index in [1.807, 2.05) is 49.4 Å². The molecule has 3 rings (SSSR count). The molecule has 2 heterocycles. The zero-order chi connectivity index (χ0) is 16.8. The lowest BCUT2D eigenvalue weighted by Crippen LogP contribution is -2.42. The van der Waals surface area contributed by atoms with Crippen molar-refractivity contribution < 1.29 is 9.53 Å². The molecule has 1 N–H and O–H groups in total. The molecule has 0 aliphatic carbocycles. The monoisotopic (exact) mass is 325 g/mol. The van der Waals surface area contributed by atoms with Gasteiger partial charge in [0.1, 0.15) is 5.82 Å². The van der Waals surface area contributed by atoms with E-state index in [1.54, 1.807) is 6.20 Å². The summed E-state index contributed by atoms with van der Waals surface area (Å²) in [7, 11) is 0. The number of hydrogen-bond donors (Lipinski definition) is 1. The summed E-state index contributed by atoms with van der Waals surface area (Å²) in [5.41, 5.74) is 1.73. The van der Waals surface area contributed by atoms with Gasteiger partial charge >= 0.3 is 5.97 Å². The number of hydrogen-bond acceptors (Lipinski definition) is 5. The van der Waals surface area contributed by atoms with E-state index in [9.17, 15) is 4.79 Å². The summed E-state index contributed by atoms with van der Waals surface area (Å²) in [5, 5.41) is 3.50. The molecule has 0 saturated carbocycles. The lowest BCUT2D eigenvalue weighted by atomic mass is 10.0. The van der Waals surface area contributed by atoms with Crippen LogP contribution in [0, 0.1) is 0 Å². The van der Waals surface area contributed by atoms with Gasteiger partial charge in [0.05, 0.1) is 12.2 Å². The van der Waals surface area contributed by atoms with Crippen LogP contribution in [0.2, 0.25) is 0 Å². The van der Waals surface area contributed by atoms with Crippen molar-refractivity contribution >= 4 is 17.5 Å². The highest BCUT2D eigenvalue weighted by Crippen LogP contribution is 2.22. The van der Waals surface area contributed by atoms with Crippen LogP contribution in [-0.4, -0.2) is 36.7 Å². The van der Waals surface area contributed by atoms with Crippen molar-refractivity contribution in [2.75, 3.05) is 29.9 Å². The van der Waals surface area contributed by atoms with Crippen LogP contribution in [0.1, 0.15) is 30.1 Å². The van der Waals surface area contributed by atoms with E-state index in [-0.39, 0.29) is 5.97 Å². The standard InChI is InChI=1S/C19H23N3O2/c1-2-24-19(23)15-8-10-17(11-9-15)22-13-5-6-16(14-22)21-18-7-3-4-12-20-18/h3-4,7-12,16H,2,5-6,13-14H2,1H3,(H,20,21)/t16-/m0/s1. The molecule has 1 aromatic carbocycles. The van der Waals surface area contributed by atoms with Crippen LogP contribution in [0.4, 0.5) is 11.5 Å². The summed E-state index contributed by atoms with van der Waals surface area (Å²) in [6.07, 6.45) is 4.06. The van der Waals surface area contributed by atoms with Crippen LogP contribution in [0.15, 0.2) is 48.7 Å². The normalized spacial score (nSPS) is 17.4. The number of piperidine rings is 1. The van der Waals surface area contributed by atoms with Gasteiger partial charge in [-0.2, -0.15) is 0 Å². The Balaban J connectivity index is 1.63. The number of esters is 1. The maximum absolute atomic E-state index is 11.7. The smallest absolute Gasteiger partial charge is 0.338 e. The SMILES string of the molecule is CCOC(=O)c1ccc(N2CCC[C@H](Nc3ccccn3)C2)cc1. The third-order valence-electron chi connectivity index (χ3n) is 4.18. The van der Waals surface area contributed by atoms with Gasteiger partial charge in [0.15, 0.2) is 0 Å². The first-order valence-corrected chi connectivity index (χ1v) is 8.46. The molecule has 1 saturated heterocycles. The first-order chi connectivity index (χ1) is 11.8. The Morgan fingerprint density at radius 1 is 1.29 bits per heavy atom. The summed E-state index contributed by atoms with van der Waals surface area (Å²) in [5.74, 6) is 0.652. The van der Waals surface area contributed by atoms with Crippen molar-refractivity contribution in [2.24, 2.45) is 0 Å². The first-order valence-electron chi connectivity index (χ1n) is 8.46. The van der Waals surface area contributed by atoms with Crippen LogP contribution < -0.4 is 10.2 Å². The molecule has 1 atom stereocenters. The third-order valence-corrected chi connectivity index (χ3v) is 4.18. The minimum atomic E-state index is -0.266.